The minimum atomic E-state index is -3.65. The van der Waals surface area contributed by atoms with E-state index in [9.17, 15) is 12.8 Å². The van der Waals surface area contributed by atoms with Crippen molar-refractivity contribution in [3.8, 4) is 11.1 Å². The zero-order valence-electron chi connectivity index (χ0n) is 18.4. The number of aliphatic hydroxyl groups excluding tert-OH is 1. The fraction of sp³-hybridized carbons (Fsp3) is 0.409. The van der Waals surface area contributed by atoms with Crippen molar-refractivity contribution >= 4 is 21.4 Å². The van der Waals surface area contributed by atoms with Crippen LogP contribution in [0, 0.1) is 5.95 Å². The molecular weight excluding hydrogens is 447 g/mol. The van der Waals surface area contributed by atoms with Crippen LogP contribution in [0.2, 0.25) is 0 Å². The van der Waals surface area contributed by atoms with Crippen LogP contribution in [-0.4, -0.2) is 58.7 Å². The number of pyridine rings is 1. The first-order valence-corrected chi connectivity index (χ1v) is 12.5. The minimum Gasteiger partial charge on any atom is -0.396 e. The van der Waals surface area contributed by atoms with Crippen LogP contribution in [0.4, 0.5) is 15.8 Å². The number of hydrogen-bond donors (Lipinski definition) is 2. The van der Waals surface area contributed by atoms with Gasteiger partial charge in [0.05, 0.1) is 17.1 Å². The standard InChI is InChI=1S/C22H27FN6O3S/c1-28-15-25-26-22(28)16-8-10-29(11-9-16)21-18(17-6-7-20(23)24-14-17)4-2-5-19(21)27-33(31,32)13-3-12-30/h2,4-7,14-16,27,30H,3,8-13H2,1H3. The van der Waals surface area contributed by atoms with Crippen LogP contribution in [0.15, 0.2) is 42.9 Å². The molecule has 2 aromatic heterocycles. The van der Waals surface area contributed by atoms with Crippen molar-refractivity contribution in [1.29, 1.82) is 0 Å². The highest BCUT2D eigenvalue weighted by Gasteiger charge is 2.27. The van der Waals surface area contributed by atoms with Crippen LogP contribution >= 0.6 is 0 Å². The van der Waals surface area contributed by atoms with Crippen molar-refractivity contribution < 1.29 is 17.9 Å². The molecule has 33 heavy (non-hydrogen) atoms. The zero-order valence-corrected chi connectivity index (χ0v) is 19.2. The second-order valence-corrected chi connectivity index (χ2v) is 9.97. The van der Waals surface area contributed by atoms with Gasteiger partial charge in [-0.2, -0.15) is 4.39 Å². The molecular formula is C22H27FN6O3S. The molecule has 1 saturated heterocycles. The van der Waals surface area contributed by atoms with Gasteiger partial charge in [0.15, 0.2) is 0 Å². The first kappa shape index (κ1) is 23.1. The Labute approximate surface area is 192 Å². The molecule has 0 bridgehead atoms. The second kappa shape index (κ2) is 9.84. The molecule has 0 unspecified atom stereocenters. The Morgan fingerprint density at radius 3 is 2.64 bits per heavy atom. The second-order valence-electron chi connectivity index (χ2n) is 8.13. The van der Waals surface area contributed by atoms with Crippen molar-refractivity contribution in [2.75, 3.05) is 35.1 Å². The van der Waals surface area contributed by atoms with Crippen LogP contribution in [0.1, 0.15) is 31.0 Å². The summed E-state index contributed by atoms with van der Waals surface area (Å²) >= 11 is 0. The molecule has 0 amide bonds. The Balaban J connectivity index is 1.68. The number of piperidine rings is 1. The molecule has 4 rings (SSSR count). The molecule has 1 aliphatic heterocycles. The topological polar surface area (TPSA) is 113 Å². The van der Waals surface area contributed by atoms with Crippen molar-refractivity contribution in [3.63, 3.8) is 0 Å². The van der Waals surface area contributed by atoms with Gasteiger partial charge in [-0.3, -0.25) is 4.72 Å². The van der Waals surface area contributed by atoms with E-state index in [1.54, 1.807) is 24.5 Å². The molecule has 9 nitrogen and oxygen atoms in total. The maximum Gasteiger partial charge on any atom is 0.232 e. The molecule has 0 atom stereocenters. The third-order valence-corrected chi connectivity index (χ3v) is 7.19. The predicted molar refractivity (Wildman–Crippen MR) is 124 cm³/mol. The Morgan fingerprint density at radius 1 is 1.21 bits per heavy atom. The van der Waals surface area contributed by atoms with E-state index >= 15 is 0 Å². The Bertz CT molecular complexity index is 1190. The number of aromatic nitrogens is 4. The van der Waals surface area contributed by atoms with Gasteiger partial charge in [-0.05, 0) is 37.5 Å². The lowest BCUT2D eigenvalue weighted by atomic mass is 9.94. The number of sulfonamides is 1. The van der Waals surface area contributed by atoms with Gasteiger partial charge in [-0.25, -0.2) is 13.4 Å². The van der Waals surface area contributed by atoms with Gasteiger partial charge in [-0.15, -0.1) is 10.2 Å². The van der Waals surface area contributed by atoms with Gasteiger partial charge in [0.25, 0.3) is 0 Å². The molecule has 3 aromatic rings. The van der Waals surface area contributed by atoms with E-state index in [1.165, 1.54) is 12.3 Å². The van der Waals surface area contributed by atoms with E-state index in [0.29, 0.717) is 24.3 Å². The van der Waals surface area contributed by atoms with E-state index in [0.717, 1.165) is 29.9 Å². The van der Waals surface area contributed by atoms with E-state index in [4.69, 9.17) is 5.11 Å². The van der Waals surface area contributed by atoms with Crippen molar-refractivity contribution in [3.05, 3.63) is 54.6 Å². The van der Waals surface area contributed by atoms with Gasteiger partial charge in [0.1, 0.15) is 12.2 Å². The molecule has 3 heterocycles. The normalized spacial score (nSPS) is 15.1. The molecule has 1 aliphatic rings. The van der Waals surface area contributed by atoms with Gasteiger partial charge >= 0.3 is 0 Å². The summed E-state index contributed by atoms with van der Waals surface area (Å²) in [5.74, 6) is 0.443. The average molecular weight is 475 g/mol. The molecule has 0 spiro atoms. The summed E-state index contributed by atoms with van der Waals surface area (Å²) in [7, 11) is -1.72. The lowest BCUT2D eigenvalue weighted by molar-refractivity contribution is 0.295. The molecule has 1 fully saturated rings. The number of rotatable bonds is 8. The van der Waals surface area contributed by atoms with Crippen molar-refractivity contribution in [2.45, 2.75) is 25.2 Å². The lowest BCUT2D eigenvalue weighted by Crippen LogP contribution is -2.34. The quantitative estimate of drug-likeness (QED) is 0.482. The van der Waals surface area contributed by atoms with E-state index in [-0.39, 0.29) is 24.7 Å². The molecule has 0 aliphatic carbocycles. The van der Waals surface area contributed by atoms with E-state index in [1.807, 2.05) is 17.7 Å². The number of halogens is 1. The van der Waals surface area contributed by atoms with Crippen LogP contribution in [-0.2, 0) is 17.1 Å². The monoisotopic (exact) mass is 474 g/mol. The zero-order chi connectivity index (χ0) is 23.4. The summed E-state index contributed by atoms with van der Waals surface area (Å²) in [5, 5.41) is 17.3. The summed E-state index contributed by atoms with van der Waals surface area (Å²) in [4.78, 5) is 5.92. The Hall–Kier alpha value is -3.05. The number of nitrogens with zero attached hydrogens (tertiary/aromatic N) is 5. The first-order chi connectivity index (χ1) is 15.9. The third kappa shape index (κ3) is 5.31. The van der Waals surface area contributed by atoms with Gasteiger partial charge in [0, 0.05) is 50.0 Å². The minimum absolute atomic E-state index is 0.148. The SMILES string of the molecule is Cn1cnnc1C1CCN(c2c(NS(=O)(=O)CCCO)cccc2-c2ccc(F)nc2)CC1. The number of anilines is 2. The van der Waals surface area contributed by atoms with Crippen LogP contribution in [0.25, 0.3) is 11.1 Å². The number of nitrogens with one attached hydrogen (secondary N) is 1. The summed E-state index contributed by atoms with van der Waals surface area (Å²) in [5.41, 5.74) is 2.64. The number of para-hydroxylation sites is 1. The van der Waals surface area contributed by atoms with Crippen LogP contribution in [0.3, 0.4) is 0 Å². The lowest BCUT2D eigenvalue weighted by Gasteiger charge is -2.35. The Kier molecular flexibility index (Phi) is 6.89. The fourth-order valence-corrected chi connectivity index (χ4v) is 5.34. The molecule has 11 heteroatoms. The van der Waals surface area contributed by atoms with E-state index < -0.39 is 16.0 Å². The third-order valence-electron chi connectivity index (χ3n) is 5.83. The van der Waals surface area contributed by atoms with Gasteiger partial charge < -0.3 is 14.6 Å². The molecule has 2 N–H and O–H groups in total. The first-order valence-electron chi connectivity index (χ1n) is 10.8. The highest BCUT2D eigenvalue weighted by atomic mass is 32.2. The van der Waals surface area contributed by atoms with Crippen LogP contribution in [0.5, 0.6) is 0 Å². The summed E-state index contributed by atoms with van der Waals surface area (Å²) < 4.78 is 43.3. The maximum atomic E-state index is 13.4. The summed E-state index contributed by atoms with van der Waals surface area (Å²) in [6, 6.07) is 8.29. The Morgan fingerprint density at radius 2 is 2.00 bits per heavy atom. The largest absolute Gasteiger partial charge is 0.396 e. The number of hydrogen-bond acceptors (Lipinski definition) is 7. The smallest absolute Gasteiger partial charge is 0.232 e. The van der Waals surface area contributed by atoms with E-state index in [2.05, 4.69) is 24.8 Å². The summed E-state index contributed by atoms with van der Waals surface area (Å²) in [6.07, 6.45) is 4.95. The molecule has 0 saturated carbocycles. The van der Waals surface area contributed by atoms with Crippen molar-refractivity contribution in [2.24, 2.45) is 7.05 Å². The summed E-state index contributed by atoms with van der Waals surface area (Å²) in [6.45, 7) is 1.17. The molecule has 1 aromatic carbocycles. The maximum absolute atomic E-state index is 13.4. The number of benzene rings is 1. The average Bonchev–Trinajstić information content (AvgIpc) is 3.24. The fourth-order valence-electron chi connectivity index (χ4n) is 4.23. The van der Waals surface area contributed by atoms with Gasteiger partial charge in [-0.1, -0.05) is 12.1 Å². The number of aliphatic hydroxyl groups is 1. The van der Waals surface area contributed by atoms with Gasteiger partial charge in [0.2, 0.25) is 16.0 Å². The number of aryl methyl sites for hydroxylation is 1. The highest BCUT2D eigenvalue weighted by molar-refractivity contribution is 7.92. The van der Waals surface area contributed by atoms with Crippen molar-refractivity contribution in [1.82, 2.24) is 19.7 Å². The molecule has 176 valence electrons. The van der Waals surface area contributed by atoms with Crippen LogP contribution < -0.4 is 9.62 Å². The predicted octanol–water partition coefficient (Wildman–Crippen LogP) is 2.52. The highest BCUT2D eigenvalue weighted by Crippen LogP contribution is 2.40. The molecule has 0 radical (unpaired) electrons.